The van der Waals surface area contributed by atoms with Crippen molar-refractivity contribution in [3.8, 4) is 22.3 Å². The quantitative estimate of drug-likeness (QED) is 0.349. The molecular formula is C19H14Cl2Zr. The number of benzene rings is 3. The first-order valence-corrected chi connectivity index (χ1v) is 13.4. The van der Waals surface area contributed by atoms with E-state index in [1.54, 1.807) is 0 Å². The molecule has 0 aromatic heterocycles. The van der Waals surface area contributed by atoms with Crippen molar-refractivity contribution in [1.29, 1.82) is 0 Å². The summed E-state index contributed by atoms with van der Waals surface area (Å²) in [5.41, 5.74) is 8.36. The molecule has 22 heavy (non-hydrogen) atoms. The zero-order chi connectivity index (χ0) is 15.4. The van der Waals surface area contributed by atoms with Crippen LogP contribution in [0.4, 0.5) is 0 Å². The second-order valence-corrected chi connectivity index (χ2v) is 8.84. The largest absolute Gasteiger partial charge is 0.0622 e. The van der Waals surface area contributed by atoms with Gasteiger partial charge < -0.3 is 0 Å². The predicted octanol–water partition coefficient (Wildman–Crippen LogP) is 6.30. The van der Waals surface area contributed by atoms with E-state index in [0.717, 1.165) is 6.42 Å². The summed E-state index contributed by atoms with van der Waals surface area (Å²) in [4.78, 5) is 0. The van der Waals surface area contributed by atoms with Crippen LogP contribution in [0.5, 0.6) is 0 Å². The smallest absolute Gasteiger partial charge is 0.00132 e. The Hall–Kier alpha value is -0.877. The van der Waals surface area contributed by atoms with Gasteiger partial charge in [0.25, 0.3) is 0 Å². The molecule has 3 aromatic rings. The summed E-state index contributed by atoms with van der Waals surface area (Å²) in [5.74, 6) is 0. The van der Waals surface area contributed by atoms with Crippen molar-refractivity contribution in [3.63, 3.8) is 0 Å². The van der Waals surface area contributed by atoms with Gasteiger partial charge in [0.1, 0.15) is 0 Å². The predicted molar refractivity (Wildman–Crippen MR) is 91.8 cm³/mol. The third kappa shape index (κ3) is 3.23. The van der Waals surface area contributed by atoms with Crippen molar-refractivity contribution < 1.29 is 20.8 Å². The third-order valence-electron chi connectivity index (χ3n) is 3.90. The summed E-state index contributed by atoms with van der Waals surface area (Å²) in [5, 5.41) is 0. The van der Waals surface area contributed by atoms with Crippen LogP contribution >= 0.6 is 17.0 Å². The van der Waals surface area contributed by atoms with Crippen molar-refractivity contribution in [2.24, 2.45) is 0 Å². The number of fused-ring (bicyclic) bond motifs is 3. The molecule has 0 amide bonds. The van der Waals surface area contributed by atoms with E-state index in [1.165, 1.54) is 33.4 Å². The van der Waals surface area contributed by atoms with E-state index < -0.39 is 20.8 Å². The Kier molecular flexibility index (Phi) is 5.52. The SMILES string of the molecule is [Cl][Zr][Cl].c1ccc(-c2cccc3c2-c2ccccc2C3)cc1. The minimum absolute atomic E-state index is 0.826. The van der Waals surface area contributed by atoms with Gasteiger partial charge in [-0.1, -0.05) is 72.8 Å². The molecule has 3 aromatic carbocycles. The minimum atomic E-state index is -0.826. The summed E-state index contributed by atoms with van der Waals surface area (Å²) in [7, 11) is 9.87. The van der Waals surface area contributed by atoms with Gasteiger partial charge in [-0.15, -0.1) is 0 Å². The first-order chi connectivity index (χ1) is 10.8. The van der Waals surface area contributed by atoms with Crippen LogP contribution in [0.1, 0.15) is 11.1 Å². The second kappa shape index (κ2) is 7.60. The van der Waals surface area contributed by atoms with E-state index in [1.807, 2.05) is 0 Å². The van der Waals surface area contributed by atoms with Gasteiger partial charge in [0, 0.05) is 0 Å². The first-order valence-electron chi connectivity index (χ1n) is 7.07. The number of hydrogen-bond acceptors (Lipinski definition) is 0. The minimum Gasteiger partial charge on any atom is -0.0622 e. The summed E-state index contributed by atoms with van der Waals surface area (Å²) in [6, 6.07) is 26.1. The van der Waals surface area contributed by atoms with Crippen molar-refractivity contribution in [2.75, 3.05) is 0 Å². The molecule has 0 unspecified atom stereocenters. The van der Waals surface area contributed by atoms with Crippen LogP contribution in [0.3, 0.4) is 0 Å². The van der Waals surface area contributed by atoms with Gasteiger partial charge in [-0.2, -0.15) is 0 Å². The van der Waals surface area contributed by atoms with E-state index in [9.17, 15) is 0 Å². The van der Waals surface area contributed by atoms with E-state index in [-0.39, 0.29) is 0 Å². The monoisotopic (exact) mass is 402 g/mol. The maximum absolute atomic E-state index is 4.93. The Balaban J connectivity index is 0.000000446. The van der Waals surface area contributed by atoms with Gasteiger partial charge in [0.15, 0.2) is 0 Å². The van der Waals surface area contributed by atoms with Crippen molar-refractivity contribution in [1.82, 2.24) is 0 Å². The zero-order valence-electron chi connectivity index (χ0n) is 11.9. The molecule has 1 aliphatic carbocycles. The van der Waals surface area contributed by atoms with Crippen molar-refractivity contribution in [3.05, 3.63) is 83.9 Å². The summed E-state index contributed by atoms with van der Waals surface area (Å²) >= 11 is -0.826. The Morgan fingerprint density at radius 3 is 2.00 bits per heavy atom. The van der Waals surface area contributed by atoms with Crippen LogP contribution < -0.4 is 0 Å². The molecular weight excluding hydrogens is 390 g/mol. The Morgan fingerprint density at radius 1 is 0.636 bits per heavy atom. The van der Waals surface area contributed by atoms with Crippen LogP contribution in [0.15, 0.2) is 72.8 Å². The zero-order valence-corrected chi connectivity index (χ0v) is 15.9. The molecule has 0 N–H and O–H groups in total. The van der Waals surface area contributed by atoms with E-state index in [4.69, 9.17) is 17.0 Å². The normalized spacial score (nSPS) is 11.0. The molecule has 0 saturated heterocycles. The van der Waals surface area contributed by atoms with Crippen LogP contribution in [0.2, 0.25) is 0 Å². The molecule has 0 nitrogen and oxygen atoms in total. The van der Waals surface area contributed by atoms with Crippen LogP contribution in [-0.4, -0.2) is 0 Å². The topological polar surface area (TPSA) is 0 Å². The van der Waals surface area contributed by atoms with Gasteiger partial charge in [-0.25, -0.2) is 0 Å². The molecule has 0 saturated carbocycles. The van der Waals surface area contributed by atoms with E-state index in [0.29, 0.717) is 0 Å². The van der Waals surface area contributed by atoms with Crippen LogP contribution in [0, 0.1) is 0 Å². The average Bonchev–Trinajstić information content (AvgIpc) is 2.95. The third-order valence-corrected chi connectivity index (χ3v) is 3.90. The molecule has 108 valence electrons. The average molecular weight is 404 g/mol. The van der Waals surface area contributed by atoms with Gasteiger partial charge in [0.2, 0.25) is 0 Å². The molecule has 0 bridgehead atoms. The molecule has 0 heterocycles. The number of hydrogen-bond donors (Lipinski definition) is 0. The maximum Gasteiger partial charge on any atom is -0.00132 e. The number of rotatable bonds is 1. The number of halogens is 2. The van der Waals surface area contributed by atoms with E-state index in [2.05, 4.69) is 72.8 Å². The molecule has 3 heteroatoms. The van der Waals surface area contributed by atoms with Crippen LogP contribution in [0.25, 0.3) is 22.3 Å². The molecule has 1 aliphatic rings. The molecule has 0 radical (unpaired) electrons. The van der Waals surface area contributed by atoms with Gasteiger partial charge in [-0.3, -0.25) is 0 Å². The van der Waals surface area contributed by atoms with Crippen molar-refractivity contribution >= 4 is 17.0 Å². The Morgan fingerprint density at radius 2 is 1.23 bits per heavy atom. The van der Waals surface area contributed by atoms with Crippen LogP contribution in [-0.2, 0) is 27.3 Å². The first kappa shape index (κ1) is 16.0. The molecule has 0 atom stereocenters. The van der Waals surface area contributed by atoms with E-state index >= 15 is 0 Å². The molecule has 0 spiro atoms. The second-order valence-electron chi connectivity index (χ2n) is 5.11. The molecule has 0 aliphatic heterocycles. The van der Waals surface area contributed by atoms with Gasteiger partial charge in [-0.05, 0) is 39.8 Å². The standard InChI is InChI=1S/C19H14.2ClH.Zr/c1-2-7-14(8-3-1)17-12-6-10-16-13-15-9-4-5-11-18(15)19(16)17;;;/h1-12H,13H2;2*1H;/q;;;+2/p-2. The summed E-state index contributed by atoms with van der Waals surface area (Å²) in [6.45, 7) is 0. The fraction of sp³-hybridized carbons (Fsp3) is 0.0526. The van der Waals surface area contributed by atoms with Gasteiger partial charge >= 0.3 is 37.9 Å². The summed E-state index contributed by atoms with van der Waals surface area (Å²) < 4.78 is 0. The Labute approximate surface area is 149 Å². The Bertz CT molecular complexity index is 769. The maximum atomic E-state index is 4.93. The van der Waals surface area contributed by atoms with Crippen molar-refractivity contribution in [2.45, 2.75) is 6.42 Å². The molecule has 0 fully saturated rings. The summed E-state index contributed by atoms with van der Waals surface area (Å²) in [6.07, 6.45) is 1.06. The molecule has 4 rings (SSSR count). The van der Waals surface area contributed by atoms with Gasteiger partial charge in [0.05, 0.1) is 0 Å². The fourth-order valence-electron chi connectivity index (χ4n) is 3.05. The fourth-order valence-corrected chi connectivity index (χ4v) is 3.05.